The maximum Gasteiger partial charge on any atom is 0.335 e. The third-order valence-electron chi connectivity index (χ3n) is 2.41. The van der Waals surface area contributed by atoms with Crippen LogP contribution in [0.1, 0.15) is 31.8 Å². The molecule has 0 saturated carbocycles. The van der Waals surface area contributed by atoms with E-state index in [0.717, 1.165) is 5.56 Å². The number of hydrogen-bond acceptors (Lipinski definition) is 3. The predicted octanol–water partition coefficient (Wildman–Crippen LogP) is 1.14. The van der Waals surface area contributed by atoms with Crippen LogP contribution in [-0.4, -0.2) is 23.4 Å². The van der Waals surface area contributed by atoms with Crippen molar-refractivity contribution in [3.63, 3.8) is 0 Å². The molecule has 4 heteroatoms. The largest absolute Gasteiger partial charge is 0.478 e. The van der Waals surface area contributed by atoms with Crippen LogP contribution in [0.4, 0.5) is 0 Å². The Labute approximate surface area is 87.7 Å². The van der Waals surface area contributed by atoms with Crippen molar-refractivity contribution in [1.29, 1.82) is 0 Å². The molecule has 0 spiro atoms. The van der Waals surface area contributed by atoms with Gasteiger partial charge in [0.25, 0.3) is 0 Å². The van der Waals surface area contributed by atoms with Crippen molar-refractivity contribution in [3.05, 3.63) is 34.4 Å². The lowest BCUT2D eigenvalue weighted by molar-refractivity contribution is 0.0696. The number of nitrogens with two attached hydrogens (primary N) is 1. The molecule has 0 aliphatic rings. The van der Waals surface area contributed by atoms with E-state index in [1.54, 1.807) is 19.9 Å². The van der Waals surface area contributed by atoms with Gasteiger partial charge in [0.1, 0.15) is 0 Å². The maximum atomic E-state index is 11.3. The predicted molar refractivity (Wildman–Crippen MR) is 56.3 cm³/mol. The fourth-order valence-corrected chi connectivity index (χ4v) is 1.36. The second-order valence-corrected chi connectivity index (χ2v) is 3.40. The third-order valence-corrected chi connectivity index (χ3v) is 2.41. The number of hydrogen-bond donors (Lipinski definition) is 2. The Morgan fingerprint density at radius 2 is 1.93 bits per heavy atom. The highest BCUT2D eigenvalue weighted by molar-refractivity contribution is 6.00. The number of carbonyl (C=O) groups excluding carboxylic acids is 1. The summed E-state index contributed by atoms with van der Waals surface area (Å²) in [6.07, 6.45) is 0. The van der Waals surface area contributed by atoms with E-state index in [1.165, 1.54) is 6.07 Å². The normalized spacial score (nSPS) is 10.1. The van der Waals surface area contributed by atoms with E-state index in [4.69, 9.17) is 10.8 Å². The molecule has 0 aliphatic heterocycles. The third kappa shape index (κ3) is 2.22. The van der Waals surface area contributed by atoms with Crippen LogP contribution >= 0.6 is 0 Å². The quantitative estimate of drug-likeness (QED) is 0.728. The first-order valence-corrected chi connectivity index (χ1v) is 4.55. The summed E-state index contributed by atoms with van der Waals surface area (Å²) in [5.74, 6) is -1.28. The monoisotopic (exact) mass is 207 g/mol. The molecule has 0 atom stereocenters. The number of carboxylic acids is 1. The summed E-state index contributed by atoms with van der Waals surface area (Å²) in [7, 11) is 0. The molecule has 80 valence electrons. The van der Waals surface area contributed by atoms with Crippen molar-refractivity contribution in [3.8, 4) is 0 Å². The average Bonchev–Trinajstić information content (AvgIpc) is 2.20. The van der Waals surface area contributed by atoms with Crippen LogP contribution in [0, 0.1) is 13.8 Å². The molecule has 0 bridgehead atoms. The Morgan fingerprint density at radius 1 is 1.33 bits per heavy atom. The maximum absolute atomic E-state index is 11.3. The van der Waals surface area contributed by atoms with Gasteiger partial charge in [-0.25, -0.2) is 4.79 Å². The van der Waals surface area contributed by atoms with E-state index < -0.39 is 5.97 Å². The van der Waals surface area contributed by atoms with Gasteiger partial charge in [0, 0.05) is 5.56 Å². The molecule has 0 amide bonds. The zero-order valence-corrected chi connectivity index (χ0v) is 8.70. The molecule has 3 N–H and O–H groups in total. The van der Waals surface area contributed by atoms with Crippen molar-refractivity contribution >= 4 is 11.8 Å². The second-order valence-electron chi connectivity index (χ2n) is 3.40. The van der Waals surface area contributed by atoms with Gasteiger partial charge in [-0.2, -0.15) is 0 Å². The Bertz CT molecular complexity index is 424. The van der Waals surface area contributed by atoms with Crippen molar-refractivity contribution in [2.45, 2.75) is 13.8 Å². The first-order valence-electron chi connectivity index (χ1n) is 4.55. The molecule has 0 aliphatic carbocycles. The average molecular weight is 207 g/mol. The number of carboxylic acid groups (broad SMARTS) is 1. The number of aromatic carboxylic acids is 1. The fraction of sp³-hybridized carbons (Fsp3) is 0.273. The first kappa shape index (κ1) is 11.4. The summed E-state index contributed by atoms with van der Waals surface area (Å²) in [4.78, 5) is 22.2. The highest BCUT2D eigenvalue weighted by atomic mass is 16.4. The van der Waals surface area contributed by atoms with Crippen molar-refractivity contribution in [2.75, 3.05) is 6.54 Å². The smallest absolute Gasteiger partial charge is 0.335 e. The summed E-state index contributed by atoms with van der Waals surface area (Å²) >= 11 is 0. The van der Waals surface area contributed by atoms with Crippen molar-refractivity contribution in [1.82, 2.24) is 0 Å². The van der Waals surface area contributed by atoms with Gasteiger partial charge in [-0.15, -0.1) is 0 Å². The SMILES string of the molecule is Cc1cc(C(=O)CN)cc(C(=O)O)c1C. The molecule has 4 nitrogen and oxygen atoms in total. The lowest BCUT2D eigenvalue weighted by Crippen LogP contribution is -2.15. The van der Waals surface area contributed by atoms with Gasteiger partial charge >= 0.3 is 5.97 Å². The molecular formula is C11H13NO3. The lowest BCUT2D eigenvalue weighted by Gasteiger charge is -2.07. The highest BCUT2D eigenvalue weighted by Gasteiger charge is 2.13. The Hall–Kier alpha value is -1.68. The molecular weight excluding hydrogens is 194 g/mol. The Kier molecular flexibility index (Phi) is 3.21. The summed E-state index contributed by atoms with van der Waals surface area (Å²) in [5, 5.41) is 8.93. The van der Waals surface area contributed by atoms with Crippen LogP contribution in [0.15, 0.2) is 12.1 Å². The number of aryl methyl sites for hydroxylation is 1. The van der Waals surface area contributed by atoms with Crippen LogP contribution in [0.3, 0.4) is 0 Å². The van der Waals surface area contributed by atoms with Gasteiger partial charge in [-0.05, 0) is 37.1 Å². The van der Waals surface area contributed by atoms with E-state index in [0.29, 0.717) is 11.1 Å². The van der Waals surface area contributed by atoms with Gasteiger partial charge in [0.05, 0.1) is 12.1 Å². The zero-order valence-electron chi connectivity index (χ0n) is 8.70. The molecule has 0 heterocycles. The molecule has 1 rings (SSSR count). The van der Waals surface area contributed by atoms with E-state index in [1.807, 2.05) is 0 Å². The summed E-state index contributed by atoms with van der Waals surface area (Å²) in [5.41, 5.74) is 7.20. The van der Waals surface area contributed by atoms with E-state index >= 15 is 0 Å². The van der Waals surface area contributed by atoms with Crippen LogP contribution in [0.25, 0.3) is 0 Å². The minimum Gasteiger partial charge on any atom is -0.478 e. The van der Waals surface area contributed by atoms with Gasteiger partial charge in [-0.1, -0.05) is 0 Å². The van der Waals surface area contributed by atoms with Crippen LogP contribution in [0.5, 0.6) is 0 Å². The standard InChI is InChI=1S/C11H13NO3/c1-6-3-8(10(13)5-12)4-9(7(6)2)11(14)15/h3-4H,5,12H2,1-2H3,(H,14,15). The Morgan fingerprint density at radius 3 is 2.40 bits per heavy atom. The summed E-state index contributed by atoms with van der Waals surface area (Å²) in [6, 6.07) is 3.04. The first-order chi connectivity index (χ1) is 6.97. The number of carbonyl (C=O) groups is 2. The summed E-state index contributed by atoms with van der Waals surface area (Å²) in [6.45, 7) is 3.38. The van der Waals surface area contributed by atoms with E-state index in [9.17, 15) is 9.59 Å². The van der Waals surface area contributed by atoms with Gasteiger partial charge in [0.2, 0.25) is 0 Å². The molecule has 0 radical (unpaired) electrons. The van der Waals surface area contributed by atoms with Gasteiger partial charge in [-0.3, -0.25) is 4.79 Å². The molecule has 0 saturated heterocycles. The van der Waals surface area contributed by atoms with E-state index in [2.05, 4.69) is 0 Å². The van der Waals surface area contributed by atoms with Crippen molar-refractivity contribution < 1.29 is 14.7 Å². The van der Waals surface area contributed by atoms with Crippen molar-refractivity contribution in [2.24, 2.45) is 5.73 Å². The topological polar surface area (TPSA) is 80.4 Å². The highest BCUT2D eigenvalue weighted by Crippen LogP contribution is 2.16. The van der Waals surface area contributed by atoms with Gasteiger partial charge in [0.15, 0.2) is 5.78 Å². The van der Waals surface area contributed by atoms with Crippen LogP contribution in [-0.2, 0) is 0 Å². The van der Waals surface area contributed by atoms with Crippen LogP contribution < -0.4 is 5.73 Å². The molecule has 0 aromatic heterocycles. The molecule has 1 aromatic rings. The number of Topliss-reactive ketones (excluding diaryl/α,β-unsaturated/α-hetero) is 1. The number of rotatable bonds is 3. The minimum absolute atomic E-state index is 0.110. The molecule has 0 unspecified atom stereocenters. The molecule has 1 aromatic carbocycles. The zero-order chi connectivity index (χ0) is 11.6. The molecule has 15 heavy (non-hydrogen) atoms. The fourth-order valence-electron chi connectivity index (χ4n) is 1.36. The minimum atomic E-state index is -1.03. The number of benzene rings is 1. The number of ketones is 1. The van der Waals surface area contributed by atoms with E-state index in [-0.39, 0.29) is 17.9 Å². The second kappa shape index (κ2) is 4.23. The molecule has 0 fully saturated rings. The summed E-state index contributed by atoms with van der Waals surface area (Å²) < 4.78 is 0. The lowest BCUT2D eigenvalue weighted by atomic mass is 9.98. The van der Waals surface area contributed by atoms with Gasteiger partial charge < -0.3 is 10.8 Å². The Balaban J connectivity index is 3.35. The van der Waals surface area contributed by atoms with Crippen LogP contribution in [0.2, 0.25) is 0 Å².